The van der Waals surface area contributed by atoms with E-state index in [-0.39, 0.29) is 0 Å². The van der Waals surface area contributed by atoms with E-state index in [4.69, 9.17) is 0 Å². The maximum absolute atomic E-state index is 4.03. The quantitative estimate of drug-likeness (QED) is 0.881. The van der Waals surface area contributed by atoms with Crippen molar-refractivity contribution in [3.8, 4) is 0 Å². The predicted molar refractivity (Wildman–Crippen MR) is 66.4 cm³/mol. The Morgan fingerprint density at radius 2 is 2.19 bits per heavy atom. The molecule has 4 heteroatoms. The van der Waals surface area contributed by atoms with Crippen LogP contribution in [0.25, 0.3) is 0 Å². The summed E-state index contributed by atoms with van der Waals surface area (Å²) >= 11 is 1.85. The monoisotopic (exact) mass is 233 g/mol. The van der Waals surface area contributed by atoms with Crippen LogP contribution in [0.1, 0.15) is 21.0 Å². The molecule has 0 radical (unpaired) electrons. The molecule has 0 aromatic carbocycles. The van der Waals surface area contributed by atoms with Crippen LogP contribution in [0.2, 0.25) is 0 Å². The van der Waals surface area contributed by atoms with Crippen molar-refractivity contribution in [1.29, 1.82) is 0 Å². The number of aryl methyl sites for hydroxylation is 2. The van der Waals surface area contributed by atoms with Crippen molar-refractivity contribution in [3.05, 3.63) is 45.4 Å². The molecule has 0 aliphatic rings. The Bertz CT molecular complexity index is 451. The van der Waals surface area contributed by atoms with Gasteiger partial charge in [0.05, 0.1) is 5.69 Å². The molecule has 0 spiro atoms. The molecular formula is C12H15N3S. The molecule has 0 saturated carbocycles. The molecule has 0 aliphatic carbocycles. The highest BCUT2D eigenvalue weighted by Gasteiger charge is 2.02. The number of hydrogen-bond acceptors (Lipinski definition) is 4. The van der Waals surface area contributed by atoms with Crippen molar-refractivity contribution in [3.63, 3.8) is 0 Å². The van der Waals surface area contributed by atoms with Crippen LogP contribution in [0.5, 0.6) is 0 Å². The lowest BCUT2D eigenvalue weighted by molar-refractivity contribution is 0.669. The summed E-state index contributed by atoms with van der Waals surface area (Å²) in [6.45, 7) is 5.97. The Kier molecular flexibility index (Phi) is 3.64. The van der Waals surface area contributed by atoms with Crippen molar-refractivity contribution in [2.75, 3.05) is 0 Å². The highest BCUT2D eigenvalue weighted by atomic mass is 32.1. The van der Waals surface area contributed by atoms with Crippen molar-refractivity contribution >= 4 is 11.3 Å². The number of hydrogen-bond donors (Lipinski definition) is 1. The van der Waals surface area contributed by atoms with E-state index >= 15 is 0 Å². The maximum atomic E-state index is 4.03. The van der Waals surface area contributed by atoms with E-state index in [0.29, 0.717) is 0 Å². The average molecular weight is 233 g/mol. The fourth-order valence-electron chi connectivity index (χ4n) is 1.61. The molecule has 16 heavy (non-hydrogen) atoms. The van der Waals surface area contributed by atoms with Crippen LogP contribution in [-0.2, 0) is 13.1 Å². The SMILES string of the molecule is Cc1cc(CNCc2cccnn2)c(C)s1. The Morgan fingerprint density at radius 3 is 2.81 bits per heavy atom. The molecule has 1 N–H and O–H groups in total. The van der Waals surface area contributed by atoms with Crippen molar-refractivity contribution < 1.29 is 0 Å². The molecule has 2 aromatic heterocycles. The third-order valence-electron chi connectivity index (χ3n) is 2.39. The zero-order chi connectivity index (χ0) is 11.4. The molecule has 3 nitrogen and oxygen atoms in total. The third kappa shape index (κ3) is 2.87. The molecule has 0 saturated heterocycles. The van der Waals surface area contributed by atoms with Crippen LogP contribution in [-0.4, -0.2) is 10.2 Å². The third-order valence-corrected chi connectivity index (χ3v) is 3.40. The predicted octanol–water partition coefficient (Wildman–Crippen LogP) is 2.44. The molecule has 0 aliphatic heterocycles. The minimum Gasteiger partial charge on any atom is -0.307 e. The Balaban J connectivity index is 1.87. The van der Waals surface area contributed by atoms with Crippen LogP contribution >= 0.6 is 11.3 Å². The fourth-order valence-corrected chi connectivity index (χ4v) is 2.56. The molecular weight excluding hydrogens is 218 g/mol. The van der Waals surface area contributed by atoms with Crippen LogP contribution in [0.15, 0.2) is 24.4 Å². The highest BCUT2D eigenvalue weighted by molar-refractivity contribution is 7.12. The van der Waals surface area contributed by atoms with Crippen LogP contribution in [0.3, 0.4) is 0 Å². The summed E-state index contributed by atoms with van der Waals surface area (Å²) in [6.07, 6.45) is 1.69. The van der Waals surface area contributed by atoms with E-state index < -0.39 is 0 Å². The first-order chi connectivity index (χ1) is 7.75. The summed E-state index contributed by atoms with van der Waals surface area (Å²) in [7, 11) is 0. The molecule has 84 valence electrons. The van der Waals surface area contributed by atoms with Gasteiger partial charge < -0.3 is 5.32 Å². The normalized spacial score (nSPS) is 10.6. The van der Waals surface area contributed by atoms with E-state index in [1.807, 2.05) is 23.5 Å². The lowest BCUT2D eigenvalue weighted by Crippen LogP contribution is -2.13. The molecule has 2 aromatic rings. The van der Waals surface area contributed by atoms with Gasteiger partial charge in [0.25, 0.3) is 0 Å². The number of nitrogens with one attached hydrogen (secondary N) is 1. The number of rotatable bonds is 4. The maximum Gasteiger partial charge on any atom is 0.0769 e. The smallest absolute Gasteiger partial charge is 0.0769 e. The molecule has 0 atom stereocenters. The van der Waals surface area contributed by atoms with Crippen LogP contribution in [0.4, 0.5) is 0 Å². The summed E-state index contributed by atoms with van der Waals surface area (Å²) < 4.78 is 0. The first-order valence-corrected chi connectivity index (χ1v) is 6.10. The Hall–Kier alpha value is -1.26. The Morgan fingerprint density at radius 1 is 1.31 bits per heavy atom. The van der Waals surface area contributed by atoms with Crippen molar-refractivity contribution in [2.24, 2.45) is 0 Å². The molecule has 0 unspecified atom stereocenters. The van der Waals surface area contributed by atoms with Gasteiger partial charge in [-0.3, -0.25) is 0 Å². The van der Waals surface area contributed by atoms with Gasteiger partial charge in [-0.15, -0.1) is 11.3 Å². The van der Waals surface area contributed by atoms with Gasteiger partial charge in [-0.1, -0.05) is 0 Å². The molecule has 0 amide bonds. The summed E-state index contributed by atoms with van der Waals surface area (Å²) in [5.41, 5.74) is 2.36. The molecule has 2 heterocycles. The minimum atomic E-state index is 0.766. The van der Waals surface area contributed by atoms with Gasteiger partial charge in [0.15, 0.2) is 0 Å². The lowest BCUT2D eigenvalue weighted by Gasteiger charge is -2.02. The van der Waals surface area contributed by atoms with E-state index in [0.717, 1.165) is 18.8 Å². The number of aromatic nitrogens is 2. The molecule has 0 fully saturated rings. The van der Waals surface area contributed by atoms with Gasteiger partial charge in [0.1, 0.15) is 0 Å². The summed E-state index contributed by atoms with van der Waals surface area (Å²) in [5, 5.41) is 11.2. The average Bonchev–Trinajstić information content (AvgIpc) is 2.59. The van der Waals surface area contributed by atoms with E-state index in [9.17, 15) is 0 Å². The summed E-state index contributed by atoms with van der Waals surface area (Å²) in [4.78, 5) is 2.76. The summed E-state index contributed by atoms with van der Waals surface area (Å²) in [6, 6.07) is 6.12. The van der Waals surface area contributed by atoms with Gasteiger partial charge in [-0.25, -0.2) is 0 Å². The first-order valence-electron chi connectivity index (χ1n) is 5.29. The van der Waals surface area contributed by atoms with E-state index in [2.05, 4.69) is 35.4 Å². The largest absolute Gasteiger partial charge is 0.307 e. The first kappa shape index (κ1) is 11.2. The van der Waals surface area contributed by atoms with Crippen LogP contribution < -0.4 is 5.32 Å². The van der Waals surface area contributed by atoms with Crippen molar-refractivity contribution in [1.82, 2.24) is 15.5 Å². The standard InChI is InChI=1S/C12H15N3S/c1-9-6-11(10(2)16-9)7-13-8-12-4-3-5-14-15-12/h3-6,13H,7-8H2,1-2H3. The second-order valence-electron chi connectivity index (χ2n) is 3.76. The topological polar surface area (TPSA) is 37.8 Å². The van der Waals surface area contributed by atoms with Crippen LogP contribution in [0, 0.1) is 13.8 Å². The van der Waals surface area contributed by atoms with Gasteiger partial charge in [0.2, 0.25) is 0 Å². The van der Waals surface area contributed by atoms with Gasteiger partial charge in [0, 0.05) is 29.0 Å². The van der Waals surface area contributed by atoms with E-state index in [1.165, 1.54) is 15.3 Å². The number of thiophene rings is 1. The summed E-state index contributed by atoms with van der Waals surface area (Å²) in [5.74, 6) is 0. The second kappa shape index (κ2) is 5.18. The van der Waals surface area contributed by atoms with Gasteiger partial charge in [-0.05, 0) is 37.6 Å². The second-order valence-corrected chi connectivity index (χ2v) is 5.22. The Labute approximate surface area is 99.5 Å². The van der Waals surface area contributed by atoms with Gasteiger partial charge in [-0.2, -0.15) is 10.2 Å². The fraction of sp³-hybridized carbons (Fsp3) is 0.333. The zero-order valence-corrected chi connectivity index (χ0v) is 10.3. The van der Waals surface area contributed by atoms with Gasteiger partial charge >= 0.3 is 0 Å². The minimum absolute atomic E-state index is 0.766. The number of nitrogens with zero attached hydrogens (tertiary/aromatic N) is 2. The highest BCUT2D eigenvalue weighted by Crippen LogP contribution is 2.20. The zero-order valence-electron chi connectivity index (χ0n) is 9.53. The lowest BCUT2D eigenvalue weighted by atomic mass is 10.2. The molecule has 2 rings (SSSR count). The van der Waals surface area contributed by atoms with Crippen molar-refractivity contribution in [2.45, 2.75) is 26.9 Å². The molecule has 0 bridgehead atoms. The van der Waals surface area contributed by atoms with E-state index in [1.54, 1.807) is 6.20 Å².